The summed E-state index contributed by atoms with van der Waals surface area (Å²) >= 11 is 0. The first-order valence-electron chi connectivity index (χ1n) is 9.59. The molecule has 2 N–H and O–H groups in total. The minimum atomic E-state index is -0.652. The van der Waals surface area contributed by atoms with Gasteiger partial charge >= 0.3 is 5.97 Å². The van der Waals surface area contributed by atoms with Gasteiger partial charge in [0.1, 0.15) is 11.5 Å². The number of nitrogens with one attached hydrogen (secondary N) is 2. The molecule has 2 aromatic rings. The summed E-state index contributed by atoms with van der Waals surface area (Å²) < 4.78 is 15.7. The van der Waals surface area contributed by atoms with Crippen molar-refractivity contribution in [3.05, 3.63) is 53.6 Å². The molecule has 158 valence electrons. The number of carbonyl (C=O) groups is 3. The van der Waals surface area contributed by atoms with Gasteiger partial charge in [-0.2, -0.15) is 0 Å². The molecular weight excluding hydrogens is 388 g/mol. The highest BCUT2D eigenvalue weighted by Gasteiger charge is 2.17. The van der Waals surface area contributed by atoms with Crippen molar-refractivity contribution in [3.8, 4) is 11.5 Å². The zero-order valence-electron chi connectivity index (χ0n) is 16.9. The number of ether oxygens (including phenoxy) is 3. The van der Waals surface area contributed by atoms with Crippen molar-refractivity contribution in [2.24, 2.45) is 0 Å². The highest BCUT2D eigenvalue weighted by atomic mass is 16.6. The third-order valence-corrected chi connectivity index (χ3v) is 4.68. The van der Waals surface area contributed by atoms with E-state index in [-0.39, 0.29) is 18.6 Å². The summed E-state index contributed by atoms with van der Waals surface area (Å²) in [5, 5.41) is 5.55. The van der Waals surface area contributed by atoms with E-state index in [0.717, 1.165) is 16.8 Å². The Bertz CT molecular complexity index is 943. The maximum atomic E-state index is 12.1. The Morgan fingerprint density at radius 2 is 1.93 bits per heavy atom. The van der Waals surface area contributed by atoms with Crippen LogP contribution in [0.5, 0.6) is 11.5 Å². The smallest absolute Gasteiger partial charge is 0.344 e. The summed E-state index contributed by atoms with van der Waals surface area (Å²) in [6.45, 7) is 1.09. The molecule has 2 aromatic carbocycles. The summed E-state index contributed by atoms with van der Waals surface area (Å²) in [4.78, 5) is 35.4. The predicted octanol–water partition coefficient (Wildman–Crippen LogP) is 2.38. The van der Waals surface area contributed by atoms with Crippen LogP contribution < -0.4 is 20.1 Å². The standard InChI is InChI=1S/C22H24N2O6/c1-14(17-5-3-4-6-19(17)28-2)23-21(26)12-30-22(27)13-29-16-8-9-18-15(11-16)7-10-20(25)24-18/h3-6,8-9,11,14H,7,10,12-13H2,1-2H3,(H,23,26)(H,24,25). The molecule has 0 fully saturated rings. The van der Waals surface area contributed by atoms with Crippen LogP contribution in [0.25, 0.3) is 0 Å². The van der Waals surface area contributed by atoms with Gasteiger partial charge in [0.15, 0.2) is 13.2 Å². The molecule has 1 heterocycles. The lowest BCUT2D eigenvalue weighted by atomic mass is 10.0. The lowest BCUT2D eigenvalue weighted by Crippen LogP contribution is -2.32. The van der Waals surface area contributed by atoms with Gasteiger partial charge in [0, 0.05) is 17.7 Å². The number of hydrogen-bond donors (Lipinski definition) is 2. The highest BCUT2D eigenvalue weighted by Crippen LogP contribution is 2.27. The first-order chi connectivity index (χ1) is 14.5. The van der Waals surface area contributed by atoms with Crippen LogP contribution in [0, 0.1) is 0 Å². The summed E-state index contributed by atoms with van der Waals surface area (Å²) in [6, 6.07) is 12.2. The summed E-state index contributed by atoms with van der Waals surface area (Å²) in [5.41, 5.74) is 2.53. The molecule has 0 aromatic heterocycles. The van der Waals surface area contributed by atoms with Gasteiger partial charge in [-0.1, -0.05) is 18.2 Å². The van der Waals surface area contributed by atoms with Gasteiger partial charge in [0.2, 0.25) is 5.91 Å². The molecular formula is C22H24N2O6. The van der Waals surface area contributed by atoms with Crippen LogP contribution in [0.1, 0.15) is 30.5 Å². The number of anilines is 1. The van der Waals surface area contributed by atoms with Gasteiger partial charge in [0.25, 0.3) is 5.91 Å². The van der Waals surface area contributed by atoms with Crippen LogP contribution in [0.3, 0.4) is 0 Å². The number of carbonyl (C=O) groups excluding carboxylic acids is 3. The van der Waals surface area contributed by atoms with Crippen molar-refractivity contribution in [3.63, 3.8) is 0 Å². The number of methoxy groups -OCH3 is 1. The second-order valence-electron chi connectivity index (χ2n) is 6.85. The van der Waals surface area contributed by atoms with Crippen LogP contribution in [0.4, 0.5) is 5.69 Å². The van der Waals surface area contributed by atoms with E-state index in [1.54, 1.807) is 25.3 Å². The Morgan fingerprint density at radius 3 is 2.73 bits per heavy atom. The molecule has 8 heteroatoms. The number of hydrogen-bond acceptors (Lipinski definition) is 6. The monoisotopic (exact) mass is 412 g/mol. The maximum absolute atomic E-state index is 12.1. The Balaban J connectivity index is 1.43. The number of para-hydroxylation sites is 1. The first kappa shape index (κ1) is 21.2. The van der Waals surface area contributed by atoms with Crippen LogP contribution in [0.15, 0.2) is 42.5 Å². The quantitative estimate of drug-likeness (QED) is 0.646. The Morgan fingerprint density at radius 1 is 1.13 bits per heavy atom. The van der Waals surface area contributed by atoms with E-state index in [2.05, 4.69) is 10.6 Å². The van der Waals surface area contributed by atoms with E-state index < -0.39 is 18.5 Å². The van der Waals surface area contributed by atoms with Crippen molar-refractivity contribution in [2.45, 2.75) is 25.8 Å². The largest absolute Gasteiger partial charge is 0.496 e. The van der Waals surface area contributed by atoms with Crippen molar-refractivity contribution in [1.29, 1.82) is 0 Å². The van der Waals surface area contributed by atoms with Gasteiger partial charge in [-0.3, -0.25) is 9.59 Å². The van der Waals surface area contributed by atoms with Crippen molar-refractivity contribution in [2.75, 3.05) is 25.6 Å². The third kappa shape index (κ3) is 5.50. The van der Waals surface area contributed by atoms with Crippen molar-refractivity contribution < 1.29 is 28.6 Å². The molecule has 0 radical (unpaired) electrons. The summed E-state index contributed by atoms with van der Waals surface area (Å²) in [5.74, 6) is 0.0712. The number of benzene rings is 2. The lowest BCUT2D eigenvalue weighted by molar-refractivity contribution is -0.150. The van der Waals surface area contributed by atoms with Gasteiger partial charge in [-0.25, -0.2) is 4.79 Å². The normalized spacial score (nSPS) is 13.5. The third-order valence-electron chi connectivity index (χ3n) is 4.68. The van der Waals surface area contributed by atoms with Gasteiger partial charge in [0.05, 0.1) is 13.2 Å². The molecule has 2 amide bonds. The molecule has 8 nitrogen and oxygen atoms in total. The molecule has 0 saturated carbocycles. The molecule has 0 bridgehead atoms. The molecule has 3 rings (SSSR count). The fourth-order valence-corrected chi connectivity index (χ4v) is 3.16. The summed E-state index contributed by atoms with van der Waals surface area (Å²) in [6.07, 6.45) is 1.04. The number of fused-ring (bicyclic) bond motifs is 1. The molecule has 0 aliphatic carbocycles. The average Bonchev–Trinajstić information content (AvgIpc) is 2.76. The van der Waals surface area contributed by atoms with E-state index in [1.165, 1.54) is 0 Å². The number of esters is 1. The Hall–Kier alpha value is -3.55. The molecule has 1 aliphatic heterocycles. The predicted molar refractivity (Wildman–Crippen MR) is 109 cm³/mol. The molecule has 1 unspecified atom stereocenters. The average molecular weight is 412 g/mol. The van der Waals surface area contributed by atoms with E-state index >= 15 is 0 Å². The van der Waals surface area contributed by atoms with Crippen LogP contribution in [-0.2, 0) is 25.5 Å². The van der Waals surface area contributed by atoms with Gasteiger partial charge < -0.3 is 24.8 Å². The van der Waals surface area contributed by atoms with Crippen LogP contribution in [0.2, 0.25) is 0 Å². The Labute approximate surface area is 174 Å². The highest BCUT2D eigenvalue weighted by molar-refractivity contribution is 5.94. The molecule has 0 spiro atoms. The van der Waals surface area contributed by atoms with E-state index in [9.17, 15) is 14.4 Å². The molecule has 30 heavy (non-hydrogen) atoms. The fourth-order valence-electron chi connectivity index (χ4n) is 3.16. The van der Waals surface area contributed by atoms with Crippen LogP contribution >= 0.6 is 0 Å². The zero-order valence-corrected chi connectivity index (χ0v) is 16.9. The number of rotatable bonds is 8. The second-order valence-corrected chi connectivity index (χ2v) is 6.85. The Kier molecular flexibility index (Phi) is 6.90. The molecule has 1 aliphatic rings. The second kappa shape index (κ2) is 9.78. The maximum Gasteiger partial charge on any atom is 0.344 e. The van der Waals surface area contributed by atoms with E-state index in [4.69, 9.17) is 14.2 Å². The first-order valence-corrected chi connectivity index (χ1v) is 9.59. The van der Waals surface area contributed by atoms with E-state index in [0.29, 0.717) is 24.3 Å². The number of aryl methyl sites for hydroxylation is 1. The van der Waals surface area contributed by atoms with Crippen molar-refractivity contribution >= 4 is 23.5 Å². The molecule has 1 atom stereocenters. The van der Waals surface area contributed by atoms with Crippen LogP contribution in [-0.4, -0.2) is 38.1 Å². The van der Waals surface area contributed by atoms with Gasteiger partial charge in [-0.05, 0) is 43.2 Å². The zero-order chi connectivity index (χ0) is 21.5. The SMILES string of the molecule is COc1ccccc1C(C)NC(=O)COC(=O)COc1ccc2c(c1)CCC(=O)N2. The minimum absolute atomic E-state index is 0.0157. The summed E-state index contributed by atoms with van der Waals surface area (Å²) in [7, 11) is 1.56. The fraction of sp³-hybridized carbons (Fsp3) is 0.318. The lowest BCUT2D eigenvalue weighted by Gasteiger charge is -2.18. The topological polar surface area (TPSA) is 103 Å². The van der Waals surface area contributed by atoms with Gasteiger partial charge in [-0.15, -0.1) is 0 Å². The minimum Gasteiger partial charge on any atom is -0.496 e. The van der Waals surface area contributed by atoms with E-state index in [1.807, 2.05) is 31.2 Å². The number of amides is 2. The molecule has 0 saturated heterocycles. The van der Waals surface area contributed by atoms with Crippen molar-refractivity contribution in [1.82, 2.24) is 5.32 Å².